The van der Waals surface area contributed by atoms with Crippen molar-refractivity contribution in [2.75, 3.05) is 20.2 Å². The summed E-state index contributed by atoms with van der Waals surface area (Å²) in [6.07, 6.45) is 6.17. The van der Waals surface area contributed by atoms with Gasteiger partial charge in [0.15, 0.2) is 0 Å². The predicted molar refractivity (Wildman–Crippen MR) is 123 cm³/mol. The number of likely N-dealkylation sites (tertiary alicyclic amines) is 1. The zero-order valence-electron chi connectivity index (χ0n) is 18.1. The van der Waals surface area contributed by atoms with Crippen LogP contribution in [-0.4, -0.2) is 45.4 Å². The highest BCUT2D eigenvalue weighted by Crippen LogP contribution is 2.41. The minimum Gasteiger partial charge on any atom is -0.464 e. The maximum Gasteiger partial charge on any atom is 0.356 e. The van der Waals surface area contributed by atoms with E-state index in [0.29, 0.717) is 12.2 Å². The molecule has 5 rings (SSSR count). The predicted octanol–water partition coefficient (Wildman–Crippen LogP) is 4.10. The number of esters is 1. The molecule has 4 aromatic rings. The number of nitrogens with zero attached hydrogens (tertiary/aromatic N) is 4. The van der Waals surface area contributed by atoms with E-state index in [4.69, 9.17) is 9.72 Å². The molecule has 0 saturated carbocycles. The lowest BCUT2D eigenvalue weighted by atomic mass is 9.70. The number of hydrogen-bond donors (Lipinski definition) is 0. The fraction of sp³-hybridized carbons (Fsp3) is 0.269. The summed E-state index contributed by atoms with van der Waals surface area (Å²) in [5, 5.41) is 0. The summed E-state index contributed by atoms with van der Waals surface area (Å²) in [7, 11) is 1.38. The first-order chi connectivity index (χ1) is 15.7. The van der Waals surface area contributed by atoms with E-state index in [0.717, 1.165) is 43.0 Å². The third-order valence-electron chi connectivity index (χ3n) is 6.48. The minimum atomic E-state index is -0.402. The van der Waals surface area contributed by atoms with Gasteiger partial charge in [0, 0.05) is 24.4 Å². The molecule has 0 amide bonds. The molecule has 0 N–H and O–H groups in total. The van der Waals surface area contributed by atoms with E-state index in [9.17, 15) is 4.79 Å². The molecule has 1 aliphatic rings. The quantitative estimate of drug-likeness (QED) is 0.450. The third-order valence-corrected chi connectivity index (χ3v) is 6.48. The highest BCUT2D eigenvalue weighted by molar-refractivity contribution is 5.87. The highest BCUT2D eigenvalue weighted by atomic mass is 16.5. The molecule has 0 atom stereocenters. The number of piperidine rings is 1. The number of carbonyl (C=O) groups is 1. The Morgan fingerprint density at radius 1 is 0.969 bits per heavy atom. The maximum absolute atomic E-state index is 11.8. The van der Waals surface area contributed by atoms with Crippen molar-refractivity contribution in [3.63, 3.8) is 0 Å². The van der Waals surface area contributed by atoms with Crippen LogP contribution in [0.3, 0.4) is 0 Å². The fourth-order valence-electron chi connectivity index (χ4n) is 4.72. The van der Waals surface area contributed by atoms with Crippen molar-refractivity contribution < 1.29 is 9.53 Å². The van der Waals surface area contributed by atoms with Crippen molar-refractivity contribution in [2.24, 2.45) is 0 Å². The molecule has 0 aliphatic carbocycles. The number of ether oxygens (including phenoxy) is 1. The van der Waals surface area contributed by atoms with Crippen molar-refractivity contribution in [3.8, 4) is 0 Å². The summed E-state index contributed by atoms with van der Waals surface area (Å²) in [6.45, 7) is 2.56. The highest BCUT2D eigenvalue weighted by Gasteiger charge is 2.39. The summed E-state index contributed by atoms with van der Waals surface area (Å²) in [5.74, 6) is -0.402. The van der Waals surface area contributed by atoms with Gasteiger partial charge < -0.3 is 9.14 Å². The van der Waals surface area contributed by atoms with E-state index >= 15 is 0 Å². The van der Waals surface area contributed by atoms with Gasteiger partial charge in [0.05, 0.1) is 18.5 Å². The van der Waals surface area contributed by atoms with Crippen LogP contribution >= 0.6 is 0 Å². The molecule has 162 valence electrons. The van der Waals surface area contributed by atoms with Crippen LogP contribution in [0.15, 0.2) is 79.1 Å². The fourth-order valence-corrected chi connectivity index (χ4v) is 4.72. The normalized spacial score (nSPS) is 16.2. The Balaban J connectivity index is 1.40. The molecule has 1 fully saturated rings. The molecular formula is C26H26N4O2. The molecule has 0 unspecified atom stereocenters. The number of methoxy groups -OCH3 is 1. The molecule has 1 aromatic carbocycles. The standard InChI is InChI=1S/C26H26N4O2/c1-32-25(31)22-11-7-10-21(27-22)18-29-16-13-26(14-17-29,20-8-3-2-4-9-20)23-19-30-15-6-5-12-24(30)28-23/h2-12,15,19H,13-14,16-18H2,1H3. The van der Waals surface area contributed by atoms with Crippen LogP contribution in [0.25, 0.3) is 5.65 Å². The lowest BCUT2D eigenvalue weighted by Gasteiger charge is -2.41. The van der Waals surface area contributed by atoms with Crippen molar-refractivity contribution in [1.29, 1.82) is 0 Å². The molecule has 0 radical (unpaired) electrons. The van der Waals surface area contributed by atoms with Crippen molar-refractivity contribution in [2.45, 2.75) is 24.8 Å². The van der Waals surface area contributed by atoms with Gasteiger partial charge in [-0.15, -0.1) is 0 Å². The Hall–Kier alpha value is -3.51. The summed E-state index contributed by atoms with van der Waals surface area (Å²) < 4.78 is 6.91. The third kappa shape index (κ3) is 3.78. The Morgan fingerprint density at radius 3 is 2.50 bits per heavy atom. The number of imidazole rings is 1. The van der Waals surface area contributed by atoms with Gasteiger partial charge in [-0.2, -0.15) is 0 Å². The molecule has 3 aromatic heterocycles. The average molecular weight is 427 g/mol. The molecule has 6 nitrogen and oxygen atoms in total. The zero-order valence-corrected chi connectivity index (χ0v) is 18.1. The Labute approximate surface area is 187 Å². The second kappa shape index (κ2) is 8.55. The number of carbonyl (C=O) groups excluding carboxylic acids is 1. The molecule has 4 heterocycles. The van der Waals surface area contributed by atoms with Gasteiger partial charge in [-0.25, -0.2) is 14.8 Å². The van der Waals surface area contributed by atoms with Crippen molar-refractivity contribution in [3.05, 3.63) is 102 Å². The molecule has 6 heteroatoms. The van der Waals surface area contributed by atoms with E-state index in [1.807, 2.05) is 24.3 Å². The maximum atomic E-state index is 11.8. The van der Waals surface area contributed by atoms with E-state index in [1.54, 1.807) is 6.07 Å². The van der Waals surface area contributed by atoms with Gasteiger partial charge in [0.2, 0.25) is 0 Å². The first-order valence-corrected chi connectivity index (χ1v) is 10.9. The average Bonchev–Trinajstić information content (AvgIpc) is 3.30. The summed E-state index contributed by atoms with van der Waals surface area (Å²) in [4.78, 5) is 23.7. The Morgan fingerprint density at radius 2 is 1.75 bits per heavy atom. The van der Waals surface area contributed by atoms with E-state index in [2.05, 4.69) is 63.1 Å². The number of aromatic nitrogens is 3. The van der Waals surface area contributed by atoms with Crippen molar-refractivity contribution in [1.82, 2.24) is 19.3 Å². The van der Waals surface area contributed by atoms with Crippen LogP contribution in [-0.2, 0) is 16.7 Å². The lowest BCUT2D eigenvalue weighted by molar-refractivity contribution is 0.0593. The minimum absolute atomic E-state index is 0.120. The van der Waals surface area contributed by atoms with Crippen LogP contribution in [0, 0.1) is 0 Å². The number of fused-ring (bicyclic) bond motifs is 1. The second-order valence-electron chi connectivity index (χ2n) is 8.32. The van der Waals surface area contributed by atoms with Crippen LogP contribution < -0.4 is 0 Å². The van der Waals surface area contributed by atoms with Crippen LogP contribution in [0.1, 0.15) is 40.3 Å². The molecular weight excluding hydrogens is 400 g/mol. The SMILES string of the molecule is COC(=O)c1cccc(CN2CCC(c3ccccc3)(c3cn4ccccc4n3)CC2)n1. The van der Waals surface area contributed by atoms with Gasteiger partial charge >= 0.3 is 5.97 Å². The number of hydrogen-bond acceptors (Lipinski definition) is 5. The van der Waals surface area contributed by atoms with Gasteiger partial charge in [0.1, 0.15) is 11.3 Å². The van der Waals surface area contributed by atoms with Crippen LogP contribution in [0.4, 0.5) is 0 Å². The number of rotatable bonds is 5. The zero-order chi connectivity index (χ0) is 22.0. The monoisotopic (exact) mass is 426 g/mol. The van der Waals surface area contributed by atoms with Crippen LogP contribution in [0.2, 0.25) is 0 Å². The molecule has 32 heavy (non-hydrogen) atoms. The van der Waals surface area contributed by atoms with Gasteiger partial charge in [0.25, 0.3) is 0 Å². The number of benzene rings is 1. The molecule has 0 bridgehead atoms. The van der Waals surface area contributed by atoms with E-state index < -0.39 is 5.97 Å². The van der Waals surface area contributed by atoms with Gasteiger partial charge in [-0.3, -0.25) is 4.90 Å². The Kier molecular flexibility index (Phi) is 5.45. The topological polar surface area (TPSA) is 59.7 Å². The summed E-state index contributed by atoms with van der Waals surface area (Å²) in [6, 6.07) is 22.4. The van der Waals surface area contributed by atoms with Crippen molar-refractivity contribution >= 4 is 11.6 Å². The van der Waals surface area contributed by atoms with Crippen LogP contribution in [0.5, 0.6) is 0 Å². The Bertz CT molecular complexity index is 1190. The molecule has 1 aliphatic heterocycles. The second-order valence-corrected chi connectivity index (χ2v) is 8.32. The largest absolute Gasteiger partial charge is 0.464 e. The first kappa shape index (κ1) is 20.4. The molecule has 0 spiro atoms. The van der Waals surface area contributed by atoms with E-state index in [-0.39, 0.29) is 5.41 Å². The number of pyridine rings is 2. The first-order valence-electron chi connectivity index (χ1n) is 10.9. The summed E-state index contributed by atoms with van der Waals surface area (Å²) >= 11 is 0. The lowest BCUT2D eigenvalue weighted by Crippen LogP contribution is -2.43. The van der Waals surface area contributed by atoms with E-state index in [1.165, 1.54) is 12.7 Å². The smallest absolute Gasteiger partial charge is 0.356 e. The molecule has 1 saturated heterocycles. The van der Waals surface area contributed by atoms with Gasteiger partial charge in [-0.1, -0.05) is 42.5 Å². The summed E-state index contributed by atoms with van der Waals surface area (Å²) in [5.41, 5.74) is 4.53. The van der Waals surface area contributed by atoms with Gasteiger partial charge in [-0.05, 0) is 55.8 Å².